The summed E-state index contributed by atoms with van der Waals surface area (Å²) < 4.78 is 65.3. The summed E-state index contributed by atoms with van der Waals surface area (Å²) in [5.74, 6) is 0. The summed E-state index contributed by atoms with van der Waals surface area (Å²) >= 11 is 0. The Morgan fingerprint density at radius 1 is 0.325 bits per heavy atom. The molecule has 10 nitrogen and oxygen atoms in total. The summed E-state index contributed by atoms with van der Waals surface area (Å²) in [6.07, 6.45) is 8.01. The molecule has 0 aromatic carbocycles. The van der Waals surface area contributed by atoms with Crippen molar-refractivity contribution in [3.05, 3.63) is 92.0 Å². The van der Waals surface area contributed by atoms with E-state index in [1.165, 1.54) is 0 Å². The van der Waals surface area contributed by atoms with Gasteiger partial charge in [0.2, 0.25) is 0 Å². The van der Waals surface area contributed by atoms with Gasteiger partial charge < -0.3 is 42.7 Å². The van der Waals surface area contributed by atoms with Crippen LogP contribution in [0.25, 0.3) is 0 Å². The number of hydrogen-bond acceptors (Lipinski definition) is 10. The molecule has 0 N–H and O–H groups in total. The Morgan fingerprint density at radius 3 is 0.625 bits per heavy atom. The van der Waals surface area contributed by atoms with Crippen molar-refractivity contribution < 1.29 is 42.7 Å². The van der Waals surface area contributed by atoms with E-state index in [-0.39, 0.29) is 0 Å². The van der Waals surface area contributed by atoms with Crippen molar-refractivity contribution in [3.63, 3.8) is 0 Å². The average molecular weight is 631 g/mol. The Labute approximate surface area is 236 Å². The molecular weight excluding hydrogens is 601 g/mol. The first-order chi connectivity index (χ1) is 19.1. The van der Waals surface area contributed by atoms with Gasteiger partial charge in [-0.05, 0) is 93.4 Å². The Balaban J connectivity index is 1.61. The van der Waals surface area contributed by atoms with Crippen LogP contribution in [0.3, 0.4) is 0 Å². The molecule has 0 amide bonds. The Kier molecular flexibility index (Phi) is 6.85. The molecule has 0 bridgehead atoms. The quantitative estimate of drug-likeness (QED) is 0.269. The van der Waals surface area contributed by atoms with E-state index in [1.807, 2.05) is 93.4 Å². The molecule has 1 aliphatic rings. The number of rotatable bonds is 5. The largest absolute Gasteiger partial charge is 0.469 e. The molecule has 5 aromatic rings. The van der Waals surface area contributed by atoms with Crippen LogP contribution in [0, 0.1) is 0 Å². The van der Waals surface area contributed by atoms with Gasteiger partial charge in [0.15, 0.2) is 0 Å². The van der Waals surface area contributed by atoms with Gasteiger partial charge in [-0.2, -0.15) is 0 Å². The summed E-state index contributed by atoms with van der Waals surface area (Å²) in [6, 6.07) is 18.3. The lowest BCUT2D eigenvalue weighted by molar-refractivity contribution is 0.239. The normalized spacial score (nSPS) is 33.6. The van der Waals surface area contributed by atoms with E-state index in [1.54, 1.807) is 31.3 Å². The van der Waals surface area contributed by atoms with Crippen molar-refractivity contribution in [2.75, 3.05) is 0 Å². The molecule has 0 aliphatic carbocycles. The average Bonchev–Trinajstić information content (AvgIpc) is 3.74. The maximum atomic E-state index is 7.10. The molecule has 1 saturated heterocycles. The van der Waals surface area contributed by atoms with E-state index in [2.05, 4.69) is 0 Å². The Morgan fingerprint density at radius 2 is 0.500 bits per heavy atom. The zero-order valence-electron chi connectivity index (χ0n) is 22.7. The molecule has 40 heavy (non-hydrogen) atoms. The monoisotopic (exact) mass is 630 g/mol. The molecule has 6 rings (SSSR count). The lowest BCUT2D eigenvalue weighted by Crippen LogP contribution is -2.77. The van der Waals surface area contributed by atoms with Crippen molar-refractivity contribution >= 4 is 69.7 Å². The molecule has 1 fully saturated rings. The van der Waals surface area contributed by atoms with Crippen LogP contribution in [0.1, 0.15) is 0 Å². The molecular formula is C25H30O10Si5. The van der Waals surface area contributed by atoms with Crippen molar-refractivity contribution in [2.45, 2.75) is 32.7 Å². The van der Waals surface area contributed by atoms with Crippen LogP contribution < -0.4 is 26.9 Å². The van der Waals surface area contributed by atoms with Gasteiger partial charge in [-0.15, -0.1) is 0 Å². The fraction of sp³-hybridized carbons (Fsp3) is 0.200. The van der Waals surface area contributed by atoms with Crippen LogP contribution in [0.15, 0.2) is 114 Å². The third kappa shape index (κ3) is 4.87. The van der Waals surface area contributed by atoms with Gasteiger partial charge >= 0.3 is 42.8 Å². The number of furan rings is 5. The van der Waals surface area contributed by atoms with Crippen LogP contribution in [0.5, 0.6) is 0 Å². The van der Waals surface area contributed by atoms with Crippen molar-refractivity contribution in [2.24, 2.45) is 0 Å². The highest BCUT2D eigenvalue weighted by molar-refractivity contribution is 7.04. The van der Waals surface area contributed by atoms with Crippen molar-refractivity contribution in [3.8, 4) is 0 Å². The van der Waals surface area contributed by atoms with Gasteiger partial charge in [-0.25, -0.2) is 0 Å². The van der Waals surface area contributed by atoms with E-state index in [4.69, 9.17) is 42.7 Å². The van der Waals surface area contributed by atoms with E-state index in [0.29, 0.717) is 26.9 Å². The third-order valence-electron chi connectivity index (χ3n) is 6.79. The third-order valence-corrected chi connectivity index (χ3v) is 28.3. The fourth-order valence-corrected chi connectivity index (χ4v) is 30.2. The summed E-state index contributed by atoms with van der Waals surface area (Å²) in [4.78, 5) is 0. The lowest BCUT2D eigenvalue weighted by Gasteiger charge is -2.47. The predicted octanol–water partition coefficient (Wildman–Crippen LogP) is 2.94. The molecule has 0 radical (unpaired) electrons. The zero-order valence-corrected chi connectivity index (χ0v) is 27.7. The topological polar surface area (TPSA) is 112 Å². The Bertz CT molecular complexity index is 1220. The maximum absolute atomic E-state index is 7.10. The minimum Gasteiger partial charge on any atom is -0.469 e. The highest BCUT2D eigenvalue weighted by Gasteiger charge is 2.63. The molecule has 210 valence electrons. The molecule has 15 heteroatoms. The van der Waals surface area contributed by atoms with Gasteiger partial charge in [-0.1, -0.05) is 0 Å². The SMILES string of the molecule is C[Si]1(c2ccco2)O[Si](C)(c2ccco2)O[Si](C)(c2ccco2)O[Si](C)(c2ccco2)O[Si](C)(c2ccco2)O1. The second kappa shape index (κ2) is 9.98. The summed E-state index contributed by atoms with van der Waals surface area (Å²) in [5.41, 5.74) is 0. The van der Waals surface area contributed by atoms with Crippen molar-refractivity contribution in [1.82, 2.24) is 0 Å². The highest BCUT2D eigenvalue weighted by Crippen LogP contribution is 2.32. The summed E-state index contributed by atoms with van der Waals surface area (Å²) in [6.45, 7) is 9.66. The van der Waals surface area contributed by atoms with Crippen molar-refractivity contribution in [1.29, 1.82) is 0 Å². The van der Waals surface area contributed by atoms with Crippen LogP contribution >= 0.6 is 0 Å². The van der Waals surface area contributed by atoms with Crippen LogP contribution in [0.2, 0.25) is 32.7 Å². The van der Waals surface area contributed by atoms with Crippen LogP contribution in [-0.4, -0.2) is 42.8 Å². The van der Waals surface area contributed by atoms with E-state index >= 15 is 0 Å². The maximum Gasteiger partial charge on any atom is 0.389 e. The highest BCUT2D eigenvalue weighted by atomic mass is 28.5. The van der Waals surface area contributed by atoms with Crippen LogP contribution in [-0.2, 0) is 20.6 Å². The van der Waals surface area contributed by atoms with Gasteiger partial charge in [-0.3, -0.25) is 0 Å². The minimum absolute atomic E-state index is 0.569. The van der Waals surface area contributed by atoms with Gasteiger partial charge in [0.05, 0.1) is 31.3 Å². The standard InChI is InChI=1S/C25H30O10Si5/c1-36(21-11-6-16-26-21)31-37(2,22-12-7-17-27-22)33-39(4,24-14-9-19-29-24)35-40(5,25-15-10-20-30-25)34-38(3,32-36)23-13-8-18-28-23/h6-20H,1-5H3. The molecule has 0 spiro atoms. The second-order valence-electron chi connectivity index (χ2n) is 10.1. The molecule has 6 heterocycles. The molecule has 1 aliphatic heterocycles. The molecule has 0 saturated carbocycles. The number of hydrogen-bond donors (Lipinski definition) is 0. The first kappa shape index (κ1) is 27.5. The summed E-state index contributed by atoms with van der Waals surface area (Å²) in [5, 5.41) is 2.84. The van der Waals surface area contributed by atoms with Gasteiger partial charge in [0, 0.05) is 0 Å². The zero-order chi connectivity index (χ0) is 28.1. The van der Waals surface area contributed by atoms with E-state index in [0.717, 1.165) is 0 Å². The van der Waals surface area contributed by atoms with E-state index < -0.39 is 42.8 Å². The minimum atomic E-state index is -3.46. The lowest BCUT2D eigenvalue weighted by atomic mass is 10.7. The van der Waals surface area contributed by atoms with E-state index in [9.17, 15) is 0 Å². The Hall–Kier alpha value is -2.72. The molecule has 0 unspecified atom stereocenters. The summed E-state index contributed by atoms with van der Waals surface area (Å²) in [7, 11) is -17.3. The van der Waals surface area contributed by atoms with Gasteiger partial charge in [0.1, 0.15) is 26.9 Å². The first-order valence-corrected chi connectivity index (χ1v) is 24.3. The van der Waals surface area contributed by atoms with Crippen LogP contribution in [0.4, 0.5) is 0 Å². The molecule has 0 atom stereocenters. The fourth-order valence-electron chi connectivity index (χ4n) is 5.15. The second-order valence-corrected chi connectivity index (χ2v) is 26.1. The predicted molar refractivity (Wildman–Crippen MR) is 155 cm³/mol. The molecule has 5 aromatic heterocycles. The first-order valence-electron chi connectivity index (χ1n) is 12.8. The smallest absolute Gasteiger partial charge is 0.389 e. The van der Waals surface area contributed by atoms with Gasteiger partial charge in [0.25, 0.3) is 0 Å².